The van der Waals surface area contributed by atoms with Crippen molar-refractivity contribution in [2.75, 3.05) is 6.54 Å². The highest BCUT2D eigenvalue weighted by Gasteiger charge is 2.11. The molecular weight excluding hydrogens is 276 g/mol. The lowest BCUT2D eigenvalue weighted by atomic mass is 10.2. The number of thiophene rings is 2. The highest BCUT2D eigenvalue weighted by atomic mass is 32.1. The van der Waals surface area contributed by atoms with E-state index in [0.717, 1.165) is 15.3 Å². The standard InChI is InChI=1S/C14H14N2OS2/c1-10-8-13(19-12(10)5-2-6-15)14(17)16-9-11-4-3-7-18-11/h3-4,7-8H,6,9,15H2,1H3,(H,16,17). The third-order valence-corrected chi connectivity index (χ3v) is 4.48. The van der Waals surface area contributed by atoms with Crippen molar-refractivity contribution >= 4 is 28.6 Å². The van der Waals surface area contributed by atoms with Gasteiger partial charge >= 0.3 is 0 Å². The van der Waals surface area contributed by atoms with E-state index in [1.54, 1.807) is 11.3 Å². The molecule has 2 aromatic heterocycles. The summed E-state index contributed by atoms with van der Waals surface area (Å²) in [7, 11) is 0. The summed E-state index contributed by atoms with van der Waals surface area (Å²) in [4.78, 5) is 14.8. The smallest absolute Gasteiger partial charge is 0.261 e. The van der Waals surface area contributed by atoms with Crippen molar-refractivity contribution in [3.63, 3.8) is 0 Å². The number of nitrogens with one attached hydrogen (secondary N) is 1. The molecule has 0 fully saturated rings. The Labute approximate surface area is 120 Å². The molecule has 0 saturated heterocycles. The summed E-state index contributed by atoms with van der Waals surface area (Å²) >= 11 is 3.04. The molecule has 0 aliphatic carbocycles. The van der Waals surface area contributed by atoms with E-state index in [9.17, 15) is 4.79 Å². The molecule has 2 rings (SSSR count). The first-order chi connectivity index (χ1) is 9.20. The van der Waals surface area contributed by atoms with E-state index in [1.807, 2.05) is 30.5 Å². The van der Waals surface area contributed by atoms with Crippen LogP contribution in [-0.4, -0.2) is 12.5 Å². The lowest BCUT2D eigenvalue weighted by Crippen LogP contribution is -2.21. The van der Waals surface area contributed by atoms with Crippen LogP contribution in [0.1, 0.15) is 25.0 Å². The van der Waals surface area contributed by atoms with Crippen LogP contribution in [0.3, 0.4) is 0 Å². The van der Waals surface area contributed by atoms with Crippen LogP contribution in [0.25, 0.3) is 0 Å². The van der Waals surface area contributed by atoms with Gasteiger partial charge in [0.2, 0.25) is 0 Å². The van der Waals surface area contributed by atoms with Gasteiger partial charge < -0.3 is 11.1 Å². The van der Waals surface area contributed by atoms with Crippen LogP contribution in [0.2, 0.25) is 0 Å². The number of rotatable bonds is 3. The highest BCUT2D eigenvalue weighted by Crippen LogP contribution is 2.21. The summed E-state index contributed by atoms with van der Waals surface area (Å²) in [6, 6.07) is 5.85. The average molecular weight is 290 g/mol. The summed E-state index contributed by atoms with van der Waals surface area (Å²) in [6.45, 7) is 2.85. The average Bonchev–Trinajstić information content (AvgIpc) is 3.03. The summed E-state index contributed by atoms with van der Waals surface area (Å²) in [5.74, 6) is 5.74. The predicted molar refractivity (Wildman–Crippen MR) is 80.5 cm³/mol. The van der Waals surface area contributed by atoms with Crippen LogP contribution in [0, 0.1) is 18.8 Å². The molecule has 0 aliphatic rings. The topological polar surface area (TPSA) is 55.1 Å². The van der Waals surface area contributed by atoms with E-state index in [4.69, 9.17) is 5.73 Å². The zero-order valence-electron chi connectivity index (χ0n) is 10.5. The molecule has 0 bridgehead atoms. The van der Waals surface area contributed by atoms with Gasteiger partial charge in [-0.15, -0.1) is 22.7 Å². The minimum absolute atomic E-state index is 0.0534. The largest absolute Gasteiger partial charge is 0.346 e. The van der Waals surface area contributed by atoms with Crippen molar-refractivity contribution in [1.29, 1.82) is 0 Å². The van der Waals surface area contributed by atoms with E-state index in [-0.39, 0.29) is 5.91 Å². The lowest BCUT2D eigenvalue weighted by molar-refractivity contribution is 0.0955. The molecule has 0 radical (unpaired) electrons. The van der Waals surface area contributed by atoms with Crippen molar-refractivity contribution < 1.29 is 4.79 Å². The number of hydrogen-bond donors (Lipinski definition) is 2. The van der Waals surface area contributed by atoms with Gasteiger partial charge in [0.1, 0.15) is 0 Å². The first-order valence-corrected chi connectivity index (χ1v) is 7.50. The molecule has 98 valence electrons. The van der Waals surface area contributed by atoms with Gasteiger partial charge in [-0.2, -0.15) is 0 Å². The molecule has 0 aliphatic heterocycles. The van der Waals surface area contributed by atoms with Crippen molar-refractivity contribution in [2.45, 2.75) is 13.5 Å². The van der Waals surface area contributed by atoms with Gasteiger partial charge in [0.25, 0.3) is 5.91 Å². The molecular formula is C14H14N2OS2. The van der Waals surface area contributed by atoms with Gasteiger partial charge in [-0.1, -0.05) is 17.9 Å². The van der Waals surface area contributed by atoms with Crippen LogP contribution >= 0.6 is 22.7 Å². The van der Waals surface area contributed by atoms with Crippen LogP contribution in [-0.2, 0) is 6.54 Å². The quantitative estimate of drug-likeness (QED) is 0.853. The Morgan fingerprint density at radius 2 is 2.37 bits per heavy atom. The van der Waals surface area contributed by atoms with E-state index in [1.165, 1.54) is 11.3 Å². The van der Waals surface area contributed by atoms with Crippen molar-refractivity contribution in [3.8, 4) is 11.8 Å². The zero-order chi connectivity index (χ0) is 13.7. The number of aryl methyl sites for hydroxylation is 1. The van der Waals surface area contributed by atoms with E-state index >= 15 is 0 Å². The Balaban J connectivity index is 2.03. The van der Waals surface area contributed by atoms with Gasteiger partial charge in [0, 0.05) is 4.88 Å². The number of amides is 1. The molecule has 19 heavy (non-hydrogen) atoms. The minimum Gasteiger partial charge on any atom is -0.346 e. The summed E-state index contributed by atoms with van der Waals surface area (Å²) in [5, 5.41) is 4.90. The van der Waals surface area contributed by atoms with E-state index in [0.29, 0.717) is 18.0 Å². The molecule has 0 atom stereocenters. The summed E-state index contributed by atoms with van der Waals surface area (Å²) in [6.07, 6.45) is 0. The fourth-order valence-corrected chi connectivity index (χ4v) is 3.13. The first-order valence-electron chi connectivity index (χ1n) is 5.80. The lowest BCUT2D eigenvalue weighted by Gasteiger charge is -2.00. The molecule has 2 heterocycles. The predicted octanol–water partition coefficient (Wildman–Crippen LogP) is 2.36. The Morgan fingerprint density at radius 1 is 1.53 bits per heavy atom. The molecule has 3 N–H and O–H groups in total. The van der Waals surface area contributed by atoms with Gasteiger partial charge in [0.05, 0.1) is 22.8 Å². The van der Waals surface area contributed by atoms with Gasteiger partial charge in [-0.05, 0) is 30.0 Å². The van der Waals surface area contributed by atoms with Crippen LogP contribution in [0.15, 0.2) is 23.6 Å². The van der Waals surface area contributed by atoms with E-state index < -0.39 is 0 Å². The van der Waals surface area contributed by atoms with Crippen LogP contribution in [0.4, 0.5) is 0 Å². The number of carbonyl (C=O) groups is 1. The number of carbonyl (C=O) groups excluding carboxylic acids is 1. The van der Waals surface area contributed by atoms with Gasteiger partial charge in [0.15, 0.2) is 0 Å². The molecule has 0 spiro atoms. The van der Waals surface area contributed by atoms with Crippen molar-refractivity contribution in [2.24, 2.45) is 5.73 Å². The molecule has 5 heteroatoms. The first kappa shape index (κ1) is 13.8. The van der Waals surface area contributed by atoms with E-state index in [2.05, 4.69) is 17.2 Å². The summed E-state index contributed by atoms with van der Waals surface area (Å²) < 4.78 is 0. The SMILES string of the molecule is Cc1cc(C(=O)NCc2cccs2)sc1C#CCN. The Bertz CT molecular complexity index is 618. The second-order valence-corrected chi connectivity index (χ2v) is 5.98. The monoisotopic (exact) mass is 290 g/mol. The molecule has 0 unspecified atom stereocenters. The molecule has 2 aromatic rings. The maximum absolute atomic E-state index is 12.0. The van der Waals surface area contributed by atoms with Crippen LogP contribution < -0.4 is 11.1 Å². The minimum atomic E-state index is -0.0534. The second kappa shape index (κ2) is 6.53. The fourth-order valence-electron chi connectivity index (χ4n) is 1.52. The van der Waals surface area contributed by atoms with Gasteiger partial charge in [-0.25, -0.2) is 0 Å². The fraction of sp³-hybridized carbons (Fsp3) is 0.214. The Kier molecular flexibility index (Phi) is 4.74. The molecule has 3 nitrogen and oxygen atoms in total. The summed E-state index contributed by atoms with van der Waals surface area (Å²) in [5.41, 5.74) is 6.37. The Morgan fingerprint density at radius 3 is 3.05 bits per heavy atom. The third-order valence-electron chi connectivity index (χ3n) is 2.45. The van der Waals surface area contributed by atoms with Gasteiger partial charge in [-0.3, -0.25) is 4.79 Å². The van der Waals surface area contributed by atoms with Crippen molar-refractivity contribution in [3.05, 3.63) is 43.8 Å². The number of hydrogen-bond acceptors (Lipinski definition) is 4. The third kappa shape index (κ3) is 3.67. The maximum atomic E-state index is 12.0. The second-order valence-electron chi connectivity index (χ2n) is 3.89. The molecule has 1 amide bonds. The Hall–Kier alpha value is -1.61. The normalized spacial score (nSPS) is 9.79. The molecule has 0 saturated carbocycles. The number of nitrogens with two attached hydrogens (primary N) is 1. The zero-order valence-corrected chi connectivity index (χ0v) is 12.2. The molecule has 0 aromatic carbocycles. The van der Waals surface area contributed by atoms with Crippen molar-refractivity contribution in [1.82, 2.24) is 5.32 Å². The highest BCUT2D eigenvalue weighted by molar-refractivity contribution is 7.14. The van der Waals surface area contributed by atoms with Crippen LogP contribution in [0.5, 0.6) is 0 Å². The maximum Gasteiger partial charge on any atom is 0.261 e.